The van der Waals surface area contributed by atoms with E-state index in [0.29, 0.717) is 19.3 Å². The molecule has 0 bridgehead atoms. The highest BCUT2D eigenvalue weighted by Crippen LogP contribution is 2.30. The second-order valence-electron chi connectivity index (χ2n) is 8.52. The van der Waals surface area contributed by atoms with E-state index in [2.05, 4.69) is 0 Å². The molecular weight excluding hydrogens is 362 g/mol. The van der Waals surface area contributed by atoms with E-state index in [4.69, 9.17) is 19.9 Å². The summed E-state index contributed by atoms with van der Waals surface area (Å²) in [6.45, 7) is 1.68. The molecule has 158 valence electrons. The number of cyclic esters (lactones) is 1. The standard InChI is InChI=1S/C21H33NO6/c1-13-18(28-20(24)15-9-4-5-10-15)17(12-6-11-16(22)21(25)26-13)27-19(23)14-7-2-3-8-14/h13-18H,2-12,22H2,1H3/t13-,16-,17-,18-/m0/s1. The molecule has 7 nitrogen and oxygen atoms in total. The van der Waals surface area contributed by atoms with E-state index in [1.165, 1.54) is 0 Å². The van der Waals surface area contributed by atoms with Crippen LogP contribution in [0.4, 0.5) is 0 Å². The summed E-state index contributed by atoms with van der Waals surface area (Å²) in [6.07, 6.45) is 6.83. The summed E-state index contributed by atoms with van der Waals surface area (Å²) < 4.78 is 17.1. The Morgan fingerprint density at radius 3 is 1.96 bits per heavy atom. The third kappa shape index (κ3) is 5.25. The normalized spacial score (nSPS) is 32.9. The average Bonchev–Trinajstić information content (AvgIpc) is 3.38. The molecule has 3 rings (SSSR count). The van der Waals surface area contributed by atoms with Crippen LogP contribution in [0.15, 0.2) is 0 Å². The third-order valence-electron chi connectivity index (χ3n) is 6.33. The van der Waals surface area contributed by atoms with Gasteiger partial charge >= 0.3 is 17.9 Å². The summed E-state index contributed by atoms with van der Waals surface area (Å²) in [4.78, 5) is 37.4. The minimum atomic E-state index is -0.798. The molecule has 0 aromatic carbocycles. The smallest absolute Gasteiger partial charge is 0.323 e. The number of nitrogens with two attached hydrogens (primary N) is 1. The van der Waals surface area contributed by atoms with E-state index in [-0.39, 0.29) is 23.8 Å². The number of ether oxygens (including phenoxy) is 3. The number of hydrogen-bond acceptors (Lipinski definition) is 7. The van der Waals surface area contributed by atoms with E-state index in [0.717, 1.165) is 51.4 Å². The van der Waals surface area contributed by atoms with Crippen molar-refractivity contribution in [3.63, 3.8) is 0 Å². The number of esters is 3. The summed E-state index contributed by atoms with van der Waals surface area (Å²) in [5.41, 5.74) is 5.88. The lowest BCUT2D eigenvalue weighted by atomic mass is 10.0. The van der Waals surface area contributed by atoms with Crippen LogP contribution in [0.2, 0.25) is 0 Å². The first-order valence-electron chi connectivity index (χ1n) is 10.8. The van der Waals surface area contributed by atoms with Gasteiger partial charge in [0.1, 0.15) is 18.2 Å². The van der Waals surface area contributed by atoms with Gasteiger partial charge in [-0.1, -0.05) is 25.7 Å². The topological polar surface area (TPSA) is 105 Å². The van der Waals surface area contributed by atoms with Gasteiger partial charge in [-0.3, -0.25) is 14.4 Å². The Labute approximate surface area is 166 Å². The molecule has 1 aliphatic heterocycles. The molecule has 4 atom stereocenters. The van der Waals surface area contributed by atoms with Crippen molar-refractivity contribution in [1.82, 2.24) is 0 Å². The molecule has 2 saturated carbocycles. The molecule has 0 spiro atoms. The van der Waals surface area contributed by atoms with Gasteiger partial charge in [-0.05, 0) is 51.9 Å². The van der Waals surface area contributed by atoms with Gasteiger partial charge in [0, 0.05) is 0 Å². The van der Waals surface area contributed by atoms with Crippen LogP contribution in [0.3, 0.4) is 0 Å². The highest BCUT2D eigenvalue weighted by molar-refractivity contribution is 5.76. The van der Waals surface area contributed by atoms with Crippen molar-refractivity contribution in [2.75, 3.05) is 0 Å². The van der Waals surface area contributed by atoms with Crippen LogP contribution in [-0.2, 0) is 28.6 Å². The van der Waals surface area contributed by atoms with Gasteiger partial charge in [-0.2, -0.15) is 0 Å². The molecule has 0 aromatic heterocycles. The van der Waals surface area contributed by atoms with Crippen molar-refractivity contribution in [2.45, 2.75) is 102 Å². The molecule has 1 saturated heterocycles. The van der Waals surface area contributed by atoms with Crippen molar-refractivity contribution < 1.29 is 28.6 Å². The second kappa shape index (κ2) is 9.72. The zero-order chi connectivity index (χ0) is 20.1. The third-order valence-corrected chi connectivity index (χ3v) is 6.33. The molecule has 2 aliphatic carbocycles. The Morgan fingerprint density at radius 2 is 1.39 bits per heavy atom. The SMILES string of the molecule is C[C@@H]1OC(=O)[C@@H](N)CCC[C@H](OC(=O)C2CCCC2)[C@H]1OC(=O)C1CCCC1. The van der Waals surface area contributed by atoms with Crippen molar-refractivity contribution in [3.05, 3.63) is 0 Å². The first-order valence-corrected chi connectivity index (χ1v) is 10.8. The lowest BCUT2D eigenvalue weighted by molar-refractivity contribution is -0.188. The van der Waals surface area contributed by atoms with Crippen molar-refractivity contribution in [1.29, 1.82) is 0 Å². The van der Waals surface area contributed by atoms with Crippen LogP contribution in [0.25, 0.3) is 0 Å². The Bertz CT molecular complexity index is 567. The van der Waals surface area contributed by atoms with Gasteiger partial charge in [0.15, 0.2) is 6.10 Å². The monoisotopic (exact) mass is 395 g/mol. The minimum Gasteiger partial charge on any atom is -0.458 e. The van der Waals surface area contributed by atoms with Gasteiger partial charge in [0.25, 0.3) is 0 Å². The lowest BCUT2D eigenvalue weighted by Crippen LogP contribution is -2.46. The molecule has 0 aromatic rings. The van der Waals surface area contributed by atoms with E-state index >= 15 is 0 Å². The Hall–Kier alpha value is -1.63. The number of carbonyl (C=O) groups is 3. The molecular formula is C21H33NO6. The molecule has 0 amide bonds. The lowest BCUT2D eigenvalue weighted by Gasteiger charge is -2.31. The molecule has 7 heteroatoms. The van der Waals surface area contributed by atoms with Crippen LogP contribution in [0, 0.1) is 11.8 Å². The number of hydrogen-bond donors (Lipinski definition) is 1. The van der Waals surface area contributed by atoms with Gasteiger partial charge in [0.2, 0.25) is 0 Å². The highest BCUT2D eigenvalue weighted by atomic mass is 16.6. The molecule has 28 heavy (non-hydrogen) atoms. The van der Waals surface area contributed by atoms with E-state index < -0.39 is 30.3 Å². The first kappa shape index (κ1) is 21.1. The fourth-order valence-electron chi connectivity index (χ4n) is 4.56. The molecule has 1 heterocycles. The zero-order valence-corrected chi connectivity index (χ0v) is 16.8. The second-order valence-corrected chi connectivity index (χ2v) is 8.52. The van der Waals surface area contributed by atoms with Crippen LogP contribution < -0.4 is 5.73 Å². The van der Waals surface area contributed by atoms with Crippen molar-refractivity contribution >= 4 is 17.9 Å². The van der Waals surface area contributed by atoms with Gasteiger partial charge in [-0.15, -0.1) is 0 Å². The molecule has 3 aliphatic rings. The fourth-order valence-corrected chi connectivity index (χ4v) is 4.56. The minimum absolute atomic E-state index is 0.0843. The van der Waals surface area contributed by atoms with Crippen LogP contribution in [0.1, 0.15) is 77.6 Å². The highest BCUT2D eigenvalue weighted by Gasteiger charge is 2.40. The summed E-state index contributed by atoms with van der Waals surface area (Å²) in [7, 11) is 0. The maximum Gasteiger partial charge on any atom is 0.323 e. The summed E-state index contributed by atoms with van der Waals surface area (Å²) in [6, 6.07) is -0.710. The molecule has 0 radical (unpaired) electrons. The quantitative estimate of drug-likeness (QED) is 0.576. The van der Waals surface area contributed by atoms with Crippen LogP contribution >= 0.6 is 0 Å². The summed E-state index contributed by atoms with van der Waals surface area (Å²) in [5.74, 6) is -1.22. The predicted octanol–water partition coefficient (Wildman–Crippen LogP) is 2.63. The Morgan fingerprint density at radius 1 is 0.857 bits per heavy atom. The number of carbonyl (C=O) groups excluding carboxylic acids is 3. The van der Waals surface area contributed by atoms with Gasteiger partial charge in [-0.25, -0.2) is 0 Å². The Kier molecular flexibility index (Phi) is 7.32. The Balaban J connectivity index is 1.74. The molecule has 0 unspecified atom stereocenters. The predicted molar refractivity (Wildman–Crippen MR) is 101 cm³/mol. The summed E-state index contributed by atoms with van der Waals surface area (Å²) in [5, 5.41) is 0. The first-order chi connectivity index (χ1) is 13.5. The van der Waals surface area contributed by atoms with E-state index in [1.807, 2.05) is 0 Å². The molecule has 2 N–H and O–H groups in total. The fraction of sp³-hybridized carbons (Fsp3) is 0.857. The van der Waals surface area contributed by atoms with Crippen molar-refractivity contribution in [3.8, 4) is 0 Å². The van der Waals surface area contributed by atoms with Crippen molar-refractivity contribution in [2.24, 2.45) is 17.6 Å². The summed E-state index contributed by atoms with van der Waals surface area (Å²) >= 11 is 0. The average molecular weight is 395 g/mol. The van der Waals surface area contributed by atoms with E-state index in [9.17, 15) is 14.4 Å². The van der Waals surface area contributed by atoms with Gasteiger partial charge in [0.05, 0.1) is 11.8 Å². The van der Waals surface area contributed by atoms with E-state index in [1.54, 1.807) is 6.92 Å². The largest absolute Gasteiger partial charge is 0.458 e. The van der Waals surface area contributed by atoms with Crippen LogP contribution in [-0.4, -0.2) is 42.3 Å². The molecule has 3 fully saturated rings. The maximum atomic E-state index is 12.6. The maximum absolute atomic E-state index is 12.6. The number of rotatable bonds is 4. The van der Waals surface area contributed by atoms with Crippen LogP contribution in [0.5, 0.6) is 0 Å². The zero-order valence-electron chi connectivity index (χ0n) is 16.8. The van der Waals surface area contributed by atoms with Gasteiger partial charge < -0.3 is 19.9 Å².